The fourth-order valence-electron chi connectivity index (χ4n) is 4.65. The van der Waals surface area contributed by atoms with Gasteiger partial charge in [-0.3, -0.25) is 4.90 Å². The van der Waals surface area contributed by atoms with Gasteiger partial charge in [-0.2, -0.15) is 8.78 Å². The molecule has 2 N–H and O–H groups in total. The van der Waals surface area contributed by atoms with E-state index in [0.29, 0.717) is 25.6 Å². The summed E-state index contributed by atoms with van der Waals surface area (Å²) in [5.74, 6) is 2.18. The van der Waals surface area contributed by atoms with Gasteiger partial charge in [0.25, 0.3) is 0 Å². The molecule has 3 aromatic rings. The SMILES string of the molecule is FC(F)OC1CN([C@H]2COc3ccccc3C2Nc2ncnc3[nH]c(C4CC4)cc23)C1. The van der Waals surface area contributed by atoms with E-state index in [1.165, 1.54) is 18.5 Å². The number of halogens is 2. The zero-order valence-corrected chi connectivity index (χ0v) is 16.8. The van der Waals surface area contributed by atoms with E-state index in [1.807, 2.05) is 24.3 Å². The van der Waals surface area contributed by atoms with Crippen LogP contribution in [0.1, 0.15) is 36.1 Å². The number of ether oxygens (including phenoxy) is 2. The van der Waals surface area contributed by atoms with Crippen molar-refractivity contribution in [1.82, 2.24) is 19.9 Å². The number of hydrogen-bond acceptors (Lipinski definition) is 6. The van der Waals surface area contributed by atoms with Gasteiger partial charge in [-0.15, -0.1) is 0 Å². The van der Waals surface area contributed by atoms with Crippen molar-refractivity contribution in [3.05, 3.63) is 47.9 Å². The summed E-state index contributed by atoms with van der Waals surface area (Å²) < 4.78 is 35.8. The van der Waals surface area contributed by atoms with Crippen LogP contribution in [0, 0.1) is 0 Å². The number of aromatic amines is 1. The van der Waals surface area contributed by atoms with Crippen LogP contribution in [0.2, 0.25) is 0 Å². The third-order valence-corrected chi connectivity index (χ3v) is 6.44. The second-order valence-electron chi connectivity index (χ2n) is 8.49. The number of rotatable bonds is 6. The molecule has 2 atom stereocenters. The number of nitrogens with zero attached hydrogens (tertiary/aromatic N) is 3. The Kier molecular flexibility index (Phi) is 4.53. The van der Waals surface area contributed by atoms with E-state index in [2.05, 4.69) is 36.0 Å². The molecule has 0 radical (unpaired) electrons. The Morgan fingerprint density at radius 1 is 1.19 bits per heavy atom. The highest BCUT2D eigenvalue weighted by Crippen LogP contribution is 2.42. The highest BCUT2D eigenvalue weighted by Gasteiger charge is 2.42. The number of nitrogens with one attached hydrogen (secondary N) is 2. The maximum absolute atomic E-state index is 12.6. The van der Waals surface area contributed by atoms with E-state index in [1.54, 1.807) is 6.33 Å². The lowest BCUT2D eigenvalue weighted by Gasteiger charge is -2.48. The molecule has 3 aliphatic rings. The van der Waals surface area contributed by atoms with Crippen LogP contribution in [0.5, 0.6) is 5.75 Å². The van der Waals surface area contributed by atoms with E-state index in [-0.39, 0.29) is 12.1 Å². The van der Waals surface area contributed by atoms with Crippen LogP contribution in [-0.2, 0) is 4.74 Å². The van der Waals surface area contributed by atoms with Crippen molar-refractivity contribution >= 4 is 16.9 Å². The lowest BCUT2D eigenvalue weighted by atomic mass is 9.92. The topological polar surface area (TPSA) is 75.3 Å². The van der Waals surface area contributed by atoms with Gasteiger partial charge in [0.05, 0.1) is 23.6 Å². The smallest absolute Gasteiger partial charge is 0.345 e. The summed E-state index contributed by atoms with van der Waals surface area (Å²) in [6, 6.07) is 9.94. The number of hydrogen-bond donors (Lipinski definition) is 2. The number of para-hydroxylation sites is 1. The predicted molar refractivity (Wildman–Crippen MR) is 110 cm³/mol. The Labute approximate surface area is 177 Å². The summed E-state index contributed by atoms with van der Waals surface area (Å²) in [7, 11) is 0. The summed E-state index contributed by atoms with van der Waals surface area (Å²) in [5.41, 5.74) is 3.06. The molecular weight excluding hydrogens is 404 g/mol. The quantitative estimate of drug-likeness (QED) is 0.625. The van der Waals surface area contributed by atoms with Crippen LogP contribution < -0.4 is 10.1 Å². The minimum atomic E-state index is -2.74. The minimum absolute atomic E-state index is 0.0284. The average Bonchev–Trinajstić information content (AvgIpc) is 3.50. The van der Waals surface area contributed by atoms with E-state index < -0.39 is 12.7 Å². The lowest BCUT2D eigenvalue weighted by Crippen LogP contribution is -2.61. The molecule has 0 spiro atoms. The van der Waals surface area contributed by atoms with Crippen LogP contribution in [0.3, 0.4) is 0 Å². The molecule has 0 amide bonds. The monoisotopic (exact) mass is 427 g/mol. The zero-order chi connectivity index (χ0) is 20.9. The predicted octanol–water partition coefficient (Wildman–Crippen LogP) is 3.67. The molecule has 2 aromatic heterocycles. The fraction of sp³-hybridized carbons (Fsp3) is 0.455. The number of fused-ring (bicyclic) bond motifs is 2. The maximum Gasteiger partial charge on any atom is 0.345 e. The molecule has 2 fully saturated rings. The standard InChI is InChI=1S/C22H23F2N5O2/c23-22(24)31-13-8-29(9-13)17-10-30-18-4-2-1-3-14(18)19(17)28-21-15-7-16(12-5-6-12)27-20(15)25-11-26-21/h1-4,7,11-13,17,19,22H,5-6,8-10H2,(H2,25,26,27,28)/t17-,19?/m0/s1. The molecule has 1 aliphatic carbocycles. The van der Waals surface area contributed by atoms with Gasteiger partial charge in [-0.05, 0) is 30.9 Å². The van der Waals surface area contributed by atoms with Crippen LogP contribution in [0.25, 0.3) is 11.0 Å². The number of aromatic nitrogens is 3. The number of anilines is 1. The average molecular weight is 427 g/mol. The van der Waals surface area contributed by atoms with Crippen molar-refractivity contribution in [2.45, 2.75) is 43.6 Å². The summed E-state index contributed by atoms with van der Waals surface area (Å²) in [6.45, 7) is -1.38. The van der Waals surface area contributed by atoms with Gasteiger partial charge in [-0.1, -0.05) is 18.2 Å². The van der Waals surface area contributed by atoms with Gasteiger partial charge >= 0.3 is 6.61 Å². The molecule has 1 unspecified atom stereocenters. The minimum Gasteiger partial charge on any atom is -0.491 e. The van der Waals surface area contributed by atoms with Crippen molar-refractivity contribution in [1.29, 1.82) is 0 Å². The molecule has 0 bridgehead atoms. The summed E-state index contributed by atoms with van der Waals surface area (Å²) in [4.78, 5) is 14.5. The molecule has 9 heteroatoms. The number of benzene rings is 1. The Hall–Kier alpha value is -2.78. The third-order valence-electron chi connectivity index (χ3n) is 6.44. The van der Waals surface area contributed by atoms with Crippen molar-refractivity contribution < 1.29 is 18.3 Å². The van der Waals surface area contributed by atoms with Crippen molar-refractivity contribution in [3.63, 3.8) is 0 Å². The van der Waals surface area contributed by atoms with E-state index >= 15 is 0 Å². The Morgan fingerprint density at radius 2 is 2.03 bits per heavy atom. The Bertz CT molecular complexity index is 1100. The van der Waals surface area contributed by atoms with E-state index in [0.717, 1.165) is 28.2 Å². The third kappa shape index (κ3) is 3.51. The lowest BCUT2D eigenvalue weighted by molar-refractivity contribution is -0.203. The first-order chi connectivity index (χ1) is 15.2. The number of likely N-dealkylation sites (tertiary alicyclic amines) is 1. The maximum atomic E-state index is 12.6. The Balaban J connectivity index is 1.31. The molecule has 1 saturated heterocycles. The molecule has 1 saturated carbocycles. The summed E-state index contributed by atoms with van der Waals surface area (Å²) >= 11 is 0. The van der Waals surface area contributed by atoms with Gasteiger partial charge < -0.3 is 19.8 Å². The highest BCUT2D eigenvalue weighted by atomic mass is 19.3. The Morgan fingerprint density at radius 3 is 2.84 bits per heavy atom. The van der Waals surface area contributed by atoms with Gasteiger partial charge in [0.15, 0.2) is 0 Å². The van der Waals surface area contributed by atoms with Crippen LogP contribution in [0.4, 0.5) is 14.6 Å². The summed E-state index contributed by atoms with van der Waals surface area (Å²) in [6.07, 6.45) is 3.52. The first kappa shape index (κ1) is 18.9. The first-order valence-corrected chi connectivity index (χ1v) is 10.7. The molecular formula is C22H23F2N5O2. The fourth-order valence-corrected chi connectivity index (χ4v) is 4.65. The van der Waals surface area contributed by atoms with Gasteiger partial charge in [-0.25, -0.2) is 9.97 Å². The summed E-state index contributed by atoms with van der Waals surface area (Å²) in [5, 5.41) is 4.59. The van der Waals surface area contributed by atoms with Crippen molar-refractivity contribution in [3.8, 4) is 5.75 Å². The van der Waals surface area contributed by atoms with Crippen LogP contribution in [0.15, 0.2) is 36.7 Å². The largest absolute Gasteiger partial charge is 0.491 e. The number of alkyl halides is 2. The molecule has 1 aromatic carbocycles. The van der Waals surface area contributed by atoms with E-state index in [9.17, 15) is 8.78 Å². The van der Waals surface area contributed by atoms with Gasteiger partial charge in [0, 0.05) is 24.3 Å². The van der Waals surface area contributed by atoms with Crippen LogP contribution in [-0.4, -0.2) is 58.3 Å². The van der Waals surface area contributed by atoms with Gasteiger partial charge in [0.2, 0.25) is 0 Å². The molecule has 4 heterocycles. The molecule has 7 nitrogen and oxygen atoms in total. The highest BCUT2D eigenvalue weighted by molar-refractivity contribution is 5.88. The van der Waals surface area contributed by atoms with E-state index in [4.69, 9.17) is 4.74 Å². The van der Waals surface area contributed by atoms with Crippen molar-refractivity contribution in [2.75, 3.05) is 25.0 Å². The number of H-pyrrole nitrogens is 1. The van der Waals surface area contributed by atoms with Crippen LogP contribution >= 0.6 is 0 Å². The molecule has 2 aliphatic heterocycles. The van der Waals surface area contributed by atoms with Gasteiger partial charge in [0.1, 0.15) is 30.1 Å². The molecule has 31 heavy (non-hydrogen) atoms. The first-order valence-electron chi connectivity index (χ1n) is 10.7. The molecule has 6 rings (SSSR count). The van der Waals surface area contributed by atoms with Crippen molar-refractivity contribution in [2.24, 2.45) is 0 Å². The molecule has 162 valence electrons. The second-order valence-corrected chi connectivity index (χ2v) is 8.49. The zero-order valence-electron chi connectivity index (χ0n) is 16.8. The normalized spacial score (nSPS) is 24.1. The second kappa shape index (κ2) is 7.42.